The Morgan fingerprint density at radius 1 is 1.03 bits per heavy atom. The minimum atomic E-state index is -5.64. The van der Waals surface area contributed by atoms with Crippen molar-refractivity contribution in [3.63, 3.8) is 0 Å². The van der Waals surface area contributed by atoms with Gasteiger partial charge in [-0.05, 0) is 55.9 Å². The van der Waals surface area contributed by atoms with Gasteiger partial charge in [0.05, 0.1) is 0 Å². The molecule has 0 amide bonds. The van der Waals surface area contributed by atoms with Crippen molar-refractivity contribution in [3.05, 3.63) is 58.1 Å². The van der Waals surface area contributed by atoms with E-state index >= 15 is 0 Å². The summed E-state index contributed by atoms with van der Waals surface area (Å²) in [6.45, 7) is 9.37. The molecule has 2 aromatic carbocycles. The number of benzene rings is 2. The van der Waals surface area contributed by atoms with E-state index in [-0.39, 0.29) is 0 Å². The number of alkyl halides is 3. The molecule has 0 aromatic heterocycles. The van der Waals surface area contributed by atoms with E-state index in [2.05, 4.69) is 4.18 Å². The highest BCUT2D eigenvalue weighted by Crippen LogP contribution is 2.42. The van der Waals surface area contributed by atoms with Gasteiger partial charge in [-0.25, -0.2) is 0 Å². The highest BCUT2D eigenvalue weighted by molar-refractivity contribution is 7.87. The van der Waals surface area contributed by atoms with Gasteiger partial charge in [0, 0.05) is 5.56 Å². The average Bonchev–Trinajstić information content (AvgIpc) is 2.77. The SMILES string of the molecule is CC.Cc1c(C)c2c(c(C)c1OCc1ccccc1)CCC(COS(=O)(=O)C(F)(F)F)O2. The number of halogens is 3. The molecule has 0 saturated carbocycles. The molecule has 0 aliphatic carbocycles. The molecule has 0 fully saturated rings. The Bertz CT molecular complexity index is 1020. The van der Waals surface area contributed by atoms with Gasteiger partial charge in [-0.1, -0.05) is 44.2 Å². The van der Waals surface area contributed by atoms with Crippen molar-refractivity contribution in [2.75, 3.05) is 6.61 Å². The van der Waals surface area contributed by atoms with Crippen LogP contribution in [0.3, 0.4) is 0 Å². The predicted octanol–water partition coefficient (Wildman–Crippen LogP) is 5.78. The van der Waals surface area contributed by atoms with E-state index in [4.69, 9.17) is 9.47 Å². The number of rotatable bonds is 6. The number of hydrogen-bond donors (Lipinski definition) is 0. The first kappa shape index (κ1) is 26.0. The summed E-state index contributed by atoms with van der Waals surface area (Å²) in [5.41, 5.74) is -0.921. The molecule has 0 bridgehead atoms. The molecule has 0 radical (unpaired) electrons. The third-order valence-electron chi connectivity index (χ3n) is 5.23. The lowest BCUT2D eigenvalue weighted by Gasteiger charge is -2.30. The van der Waals surface area contributed by atoms with Gasteiger partial charge in [0.2, 0.25) is 0 Å². The monoisotopic (exact) mass is 474 g/mol. The fraction of sp³-hybridized carbons (Fsp3) is 0.478. The van der Waals surface area contributed by atoms with Crippen LogP contribution in [0.2, 0.25) is 0 Å². The molecule has 0 saturated heterocycles. The quantitative estimate of drug-likeness (QED) is 0.393. The number of hydrogen-bond acceptors (Lipinski definition) is 5. The minimum Gasteiger partial charge on any atom is -0.488 e. The highest BCUT2D eigenvalue weighted by Gasteiger charge is 2.47. The van der Waals surface area contributed by atoms with E-state index in [1.807, 2.05) is 65.0 Å². The summed E-state index contributed by atoms with van der Waals surface area (Å²) >= 11 is 0. The van der Waals surface area contributed by atoms with Crippen molar-refractivity contribution in [2.24, 2.45) is 0 Å². The molecule has 1 atom stereocenters. The van der Waals surface area contributed by atoms with Crippen LogP contribution >= 0.6 is 0 Å². The second-order valence-electron chi connectivity index (χ2n) is 7.25. The van der Waals surface area contributed by atoms with Crippen LogP contribution in [0, 0.1) is 20.8 Å². The highest BCUT2D eigenvalue weighted by atomic mass is 32.2. The lowest BCUT2D eigenvalue weighted by atomic mass is 9.91. The van der Waals surface area contributed by atoms with Crippen LogP contribution in [0.15, 0.2) is 30.3 Å². The first-order valence-corrected chi connectivity index (χ1v) is 11.8. The van der Waals surface area contributed by atoms with Crippen LogP contribution in [0.5, 0.6) is 11.5 Å². The molecular formula is C23H29F3O5S. The van der Waals surface area contributed by atoms with Gasteiger partial charge in [0.15, 0.2) is 0 Å². The van der Waals surface area contributed by atoms with Crippen LogP contribution < -0.4 is 9.47 Å². The molecule has 3 rings (SSSR count). The normalized spacial score (nSPS) is 15.8. The summed E-state index contributed by atoms with van der Waals surface area (Å²) in [5, 5.41) is 0. The molecule has 1 unspecified atom stereocenters. The number of fused-ring (bicyclic) bond motifs is 1. The molecule has 178 valence electrons. The fourth-order valence-electron chi connectivity index (χ4n) is 3.44. The van der Waals surface area contributed by atoms with Gasteiger partial charge in [-0.15, -0.1) is 0 Å². The maximum Gasteiger partial charge on any atom is 0.523 e. The van der Waals surface area contributed by atoms with Gasteiger partial charge < -0.3 is 9.47 Å². The van der Waals surface area contributed by atoms with Crippen molar-refractivity contribution >= 4 is 10.1 Å². The first-order valence-electron chi connectivity index (χ1n) is 10.4. The average molecular weight is 475 g/mol. The Hall–Kier alpha value is -2.26. The lowest BCUT2D eigenvalue weighted by molar-refractivity contribution is -0.0562. The summed E-state index contributed by atoms with van der Waals surface area (Å²) in [4.78, 5) is 0. The zero-order valence-electron chi connectivity index (χ0n) is 18.9. The van der Waals surface area contributed by atoms with Crippen LogP contribution in [-0.4, -0.2) is 26.6 Å². The van der Waals surface area contributed by atoms with Crippen molar-refractivity contribution in [1.29, 1.82) is 0 Å². The lowest BCUT2D eigenvalue weighted by Crippen LogP contribution is -2.33. The van der Waals surface area contributed by atoms with E-state index in [9.17, 15) is 21.6 Å². The van der Waals surface area contributed by atoms with Gasteiger partial charge in [0.25, 0.3) is 0 Å². The fourth-order valence-corrected chi connectivity index (χ4v) is 3.91. The molecule has 1 aliphatic rings. The Labute approximate surface area is 187 Å². The summed E-state index contributed by atoms with van der Waals surface area (Å²) in [6, 6.07) is 9.74. The third-order valence-corrected chi connectivity index (χ3v) is 6.24. The second kappa shape index (κ2) is 10.6. The Kier molecular flexibility index (Phi) is 8.59. The molecule has 32 heavy (non-hydrogen) atoms. The van der Waals surface area contributed by atoms with Crippen molar-refractivity contribution in [3.8, 4) is 11.5 Å². The van der Waals surface area contributed by atoms with Gasteiger partial charge in [0.1, 0.15) is 30.8 Å². The molecule has 0 spiro atoms. The second-order valence-corrected chi connectivity index (χ2v) is 8.86. The van der Waals surface area contributed by atoms with Crippen molar-refractivity contribution < 1.29 is 35.2 Å². The molecule has 9 heteroatoms. The van der Waals surface area contributed by atoms with E-state index in [0.717, 1.165) is 33.6 Å². The molecule has 1 aliphatic heterocycles. The molecule has 5 nitrogen and oxygen atoms in total. The zero-order chi connectivity index (χ0) is 24.1. The van der Waals surface area contributed by atoms with Crippen molar-refractivity contribution in [1.82, 2.24) is 0 Å². The number of ether oxygens (including phenoxy) is 2. The largest absolute Gasteiger partial charge is 0.523 e. The first-order chi connectivity index (χ1) is 15.0. The van der Waals surface area contributed by atoms with Crippen LogP contribution in [0.1, 0.15) is 48.1 Å². The maximum absolute atomic E-state index is 12.5. The molecule has 1 heterocycles. The summed E-state index contributed by atoms with van der Waals surface area (Å²) in [6.07, 6.45) is 0.0644. The van der Waals surface area contributed by atoms with E-state index in [1.54, 1.807) is 0 Å². The Balaban J connectivity index is 0.00000176. The third kappa shape index (κ3) is 5.75. The summed E-state index contributed by atoms with van der Waals surface area (Å²) in [5.74, 6) is 1.31. The summed E-state index contributed by atoms with van der Waals surface area (Å²) < 4.78 is 75.7. The standard InChI is InChI=1S/C21H23F3O5S.C2H6/c1-13-14(2)20-18(15(3)19(13)27-11-16-7-5-4-6-8-16)10-9-17(29-20)12-28-30(25,26)21(22,23)24;1-2/h4-8,17H,9-12H2,1-3H3;1-2H3. The minimum absolute atomic E-state index is 0.335. The smallest absolute Gasteiger partial charge is 0.488 e. The van der Waals surface area contributed by atoms with E-state index in [1.165, 1.54) is 0 Å². The van der Waals surface area contributed by atoms with Gasteiger partial charge in [-0.2, -0.15) is 21.6 Å². The van der Waals surface area contributed by atoms with Crippen molar-refractivity contribution in [2.45, 2.75) is 65.7 Å². The maximum atomic E-state index is 12.5. The zero-order valence-corrected chi connectivity index (χ0v) is 19.7. The Morgan fingerprint density at radius 2 is 1.66 bits per heavy atom. The van der Waals surface area contributed by atoms with Crippen LogP contribution in [-0.2, 0) is 27.3 Å². The molecule has 0 N–H and O–H groups in total. The summed E-state index contributed by atoms with van der Waals surface area (Å²) in [7, 11) is -5.64. The van der Waals surface area contributed by atoms with E-state index < -0.39 is 28.3 Å². The van der Waals surface area contributed by atoms with E-state index in [0.29, 0.717) is 25.2 Å². The van der Waals surface area contributed by atoms with Gasteiger partial charge >= 0.3 is 15.6 Å². The molecular weight excluding hydrogens is 445 g/mol. The van der Waals surface area contributed by atoms with Crippen LogP contribution in [0.4, 0.5) is 13.2 Å². The van der Waals surface area contributed by atoms with Crippen LogP contribution in [0.25, 0.3) is 0 Å². The predicted molar refractivity (Wildman–Crippen MR) is 116 cm³/mol. The van der Waals surface area contributed by atoms with Gasteiger partial charge in [-0.3, -0.25) is 4.18 Å². The Morgan fingerprint density at radius 3 is 2.25 bits per heavy atom. The molecule has 2 aromatic rings. The topological polar surface area (TPSA) is 61.8 Å².